The number of hydrogen-bond donors (Lipinski definition) is 1. The van der Waals surface area contributed by atoms with E-state index in [9.17, 15) is 4.79 Å². The van der Waals surface area contributed by atoms with Gasteiger partial charge in [-0.2, -0.15) is 0 Å². The fraction of sp³-hybridized carbons (Fsp3) is 0.200. The monoisotopic (exact) mass is 448 g/mol. The molecule has 0 unspecified atom stereocenters. The minimum atomic E-state index is -0.398. The number of amides is 1. The van der Waals surface area contributed by atoms with Crippen molar-refractivity contribution in [1.29, 1.82) is 0 Å². The Labute approximate surface area is 189 Å². The molecule has 31 heavy (non-hydrogen) atoms. The van der Waals surface area contributed by atoms with Crippen molar-refractivity contribution in [2.45, 2.75) is 25.3 Å². The third-order valence-electron chi connectivity index (χ3n) is 5.88. The van der Waals surface area contributed by atoms with Gasteiger partial charge in [0.2, 0.25) is 0 Å². The summed E-state index contributed by atoms with van der Waals surface area (Å²) in [5.74, 6) is 0.585. The summed E-state index contributed by atoms with van der Waals surface area (Å²) in [5, 5.41) is 7.04. The van der Waals surface area contributed by atoms with Gasteiger partial charge in [-0.15, -0.1) is 11.3 Å². The number of rotatable bonds is 5. The average molecular weight is 449 g/mol. The van der Waals surface area contributed by atoms with E-state index in [1.165, 1.54) is 0 Å². The highest BCUT2D eigenvalue weighted by Gasteiger charge is 2.47. The summed E-state index contributed by atoms with van der Waals surface area (Å²) in [5.41, 5.74) is 4.24. The van der Waals surface area contributed by atoms with Crippen LogP contribution in [0.15, 0.2) is 60.1 Å². The second kappa shape index (κ2) is 7.66. The first-order valence-electron chi connectivity index (χ1n) is 10.1. The highest BCUT2D eigenvalue weighted by Crippen LogP contribution is 2.49. The lowest BCUT2D eigenvalue weighted by molar-refractivity contribution is 0.0930. The predicted molar refractivity (Wildman–Crippen MR) is 126 cm³/mol. The minimum Gasteiger partial charge on any atom is -0.497 e. The number of carbonyl (C=O) groups excluding carboxylic acids is 1. The maximum absolute atomic E-state index is 13.3. The SMILES string of the molecule is COc1ccc(C)c(C(=O)NC2(c3cc(-c4cc(Cl)cs4)cc4ncccc34)CC2)c1. The molecule has 2 heterocycles. The van der Waals surface area contributed by atoms with Crippen LogP contribution in [0.1, 0.15) is 34.3 Å². The number of nitrogens with one attached hydrogen (secondary N) is 1. The zero-order chi connectivity index (χ0) is 21.6. The molecular formula is C25H21ClN2O2S. The number of fused-ring (bicyclic) bond motifs is 1. The minimum absolute atomic E-state index is 0.0875. The quantitative estimate of drug-likeness (QED) is 0.387. The van der Waals surface area contributed by atoms with Crippen molar-refractivity contribution in [3.05, 3.63) is 81.8 Å². The van der Waals surface area contributed by atoms with Gasteiger partial charge in [0.1, 0.15) is 5.75 Å². The standard InChI is InChI=1S/C25H21ClN2O2S/c1-15-5-6-18(30-2)13-20(15)24(29)28-25(7-8-25)21-10-16(23-12-17(26)14-31-23)11-22-19(21)4-3-9-27-22/h3-6,9-14H,7-8H2,1-2H3,(H,28,29). The number of aromatic nitrogens is 1. The second-order valence-corrected chi connectivity index (χ2v) is 9.29. The van der Waals surface area contributed by atoms with Gasteiger partial charge in [-0.25, -0.2) is 0 Å². The van der Waals surface area contributed by atoms with E-state index in [0.717, 1.165) is 50.3 Å². The highest BCUT2D eigenvalue weighted by molar-refractivity contribution is 7.14. The van der Waals surface area contributed by atoms with E-state index in [2.05, 4.69) is 28.5 Å². The van der Waals surface area contributed by atoms with Gasteiger partial charge in [0.05, 0.1) is 23.2 Å². The van der Waals surface area contributed by atoms with Crippen LogP contribution >= 0.6 is 22.9 Å². The fourth-order valence-corrected chi connectivity index (χ4v) is 5.09. The Kier molecular flexibility index (Phi) is 4.95. The Balaban J connectivity index is 1.58. The lowest BCUT2D eigenvalue weighted by Gasteiger charge is -2.22. The summed E-state index contributed by atoms with van der Waals surface area (Å²) in [4.78, 5) is 18.9. The lowest BCUT2D eigenvalue weighted by atomic mass is 9.95. The molecule has 4 aromatic rings. The summed E-state index contributed by atoms with van der Waals surface area (Å²) in [6.45, 7) is 1.94. The van der Waals surface area contributed by atoms with Gasteiger partial charge in [0.15, 0.2) is 0 Å². The number of methoxy groups -OCH3 is 1. The molecule has 6 heteroatoms. The normalized spacial score (nSPS) is 14.4. The van der Waals surface area contributed by atoms with Gasteiger partial charge in [0.25, 0.3) is 5.91 Å². The van der Waals surface area contributed by atoms with Crippen molar-refractivity contribution in [2.75, 3.05) is 7.11 Å². The molecule has 0 bridgehead atoms. The van der Waals surface area contributed by atoms with Gasteiger partial charge >= 0.3 is 0 Å². The van der Waals surface area contributed by atoms with Crippen LogP contribution in [0.4, 0.5) is 0 Å². The Morgan fingerprint density at radius 3 is 2.74 bits per heavy atom. The van der Waals surface area contributed by atoms with Gasteiger partial charge in [-0.05, 0) is 72.9 Å². The van der Waals surface area contributed by atoms with E-state index >= 15 is 0 Å². The van der Waals surface area contributed by atoms with Crippen LogP contribution in [0.3, 0.4) is 0 Å². The van der Waals surface area contributed by atoms with E-state index in [4.69, 9.17) is 16.3 Å². The Hall–Kier alpha value is -2.89. The van der Waals surface area contributed by atoms with Crippen LogP contribution in [0.5, 0.6) is 5.75 Å². The topological polar surface area (TPSA) is 51.2 Å². The van der Waals surface area contributed by atoms with Crippen LogP contribution in [-0.2, 0) is 5.54 Å². The van der Waals surface area contributed by atoms with E-state index in [0.29, 0.717) is 11.3 Å². The maximum atomic E-state index is 13.3. The first-order chi connectivity index (χ1) is 15.0. The zero-order valence-corrected chi connectivity index (χ0v) is 18.8. The third kappa shape index (κ3) is 3.68. The number of pyridine rings is 1. The molecule has 0 aliphatic heterocycles. The average Bonchev–Trinajstić information content (AvgIpc) is 3.43. The molecule has 4 nitrogen and oxygen atoms in total. The third-order valence-corrected chi connectivity index (χ3v) is 7.21. The summed E-state index contributed by atoms with van der Waals surface area (Å²) in [7, 11) is 1.61. The number of ether oxygens (including phenoxy) is 1. The number of hydrogen-bond acceptors (Lipinski definition) is 4. The van der Waals surface area contributed by atoms with Crippen LogP contribution in [-0.4, -0.2) is 18.0 Å². The molecule has 156 valence electrons. The highest BCUT2D eigenvalue weighted by atomic mass is 35.5. The van der Waals surface area contributed by atoms with Crippen molar-refractivity contribution in [2.24, 2.45) is 0 Å². The van der Waals surface area contributed by atoms with E-state index < -0.39 is 5.54 Å². The first kappa shape index (κ1) is 20.0. The Morgan fingerprint density at radius 2 is 2.03 bits per heavy atom. The van der Waals surface area contributed by atoms with Crippen LogP contribution < -0.4 is 10.1 Å². The van der Waals surface area contributed by atoms with E-state index in [1.807, 2.05) is 36.6 Å². The largest absolute Gasteiger partial charge is 0.497 e. The first-order valence-corrected chi connectivity index (χ1v) is 11.4. The molecule has 1 N–H and O–H groups in total. The lowest BCUT2D eigenvalue weighted by Crippen LogP contribution is -2.35. The van der Waals surface area contributed by atoms with Crippen molar-refractivity contribution >= 4 is 39.7 Å². The summed E-state index contributed by atoms with van der Waals surface area (Å²) >= 11 is 7.78. The maximum Gasteiger partial charge on any atom is 0.252 e. The molecule has 2 aromatic carbocycles. The van der Waals surface area contributed by atoms with Gasteiger partial charge in [-0.1, -0.05) is 23.7 Å². The molecule has 1 amide bonds. The predicted octanol–water partition coefficient (Wildman–Crippen LogP) is 6.35. The van der Waals surface area contributed by atoms with Crippen molar-refractivity contribution in [3.8, 4) is 16.2 Å². The molecule has 2 aromatic heterocycles. The molecule has 0 saturated heterocycles. The van der Waals surface area contributed by atoms with Crippen LogP contribution in [0.2, 0.25) is 5.02 Å². The van der Waals surface area contributed by atoms with Crippen molar-refractivity contribution in [3.63, 3.8) is 0 Å². The van der Waals surface area contributed by atoms with Crippen molar-refractivity contribution in [1.82, 2.24) is 10.3 Å². The Bertz CT molecular complexity index is 1310. The van der Waals surface area contributed by atoms with Crippen LogP contribution in [0, 0.1) is 6.92 Å². The Morgan fingerprint density at radius 1 is 1.19 bits per heavy atom. The second-order valence-electron chi connectivity index (χ2n) is 7.94. The molecule has 1 fully saturated rings. The number of nitrogens with zero attached hydrogens (tertiary/aromatic N) is 1. The van der Waals surface area contributed by atoms with Crippen LogP contribution in [0.25, 0.3) is 21.3 Å². The number of carbonyl (C=O) groups is 1. The summed E-state index contributed by atoms with van der Waals surface area (Å²) < 4.78 is 5.32. The van der Waals surface area contributed by atoms with E-state index in [-0.39, 0.29) is 5.91 Å². The number of benzene rings is 2. The van der Waals surface area contributed by atoms with Crippen molar-refractivity contribution < 1.29 is 9.53 Å². The molecular weight excluding hydrogens is 428 g/mol. The molecule has 1 saturated carbocycles. The summed E-state index contributed by atoms with van der Waals surface area (Å²) in [6, 6.07) is 15.8. The number of aryl methyl sites for hydroxylation is 1. The van der Waals surface area contributed by atoms with Gasteiger partial charge < -0.3 is 10.1 Å². The molecule has 1 aliphatic carbocycles. The molecule has 0 spiro atoms. The van der Waals surface area contributed by atoms with E-state index in [1.54, 1.807) is 30.7 Å². The molecule has 5 rings (SSSR count). The number of halogens is 1. The number of thiophene rings is 1. The molecule has 0 atom stereocenters. The summed E-state index contributed by atoms with van der Waals surface area (Å²) in [6.07, 6.45) is 3.58. The van der Waals surface area contributed by atoms with Gasteiger partial charge in [0, 0.05) is 27.4 Å². The zero-order valence-electron chi connectivity index (χ0n) is 17.2. The molecule has 1 aliphatic rings. The molecule has 0 radical (unpaired) electrons. The fourth-order valence-electron chi connectivity index (χ4n) is 4.03. The smallest absolute Gasteiger partial charge is 0.252 e. The van der Waals surface area contributed by atoms with Gasteiger partial charge in [-0.3, -0.25) is 9.78 Å².